The minimum Gasteiger partial charge on any atom is -0.255 e. The topological polar surface area (TPSA) is 15.3 Å². The molecule has 0 aromatic carbocycles. The molecule has 46 valence electrons. The fraction of sp³-hybridized carbons (Fsp3) is 1.00. The van der Waals surface area contributed by atoms with Gasteiger partial charge in [-0.25, -0.2) is 5.01 Å². The van der Waals surface area contributed by atoms with Gasteiger partial charge in [-0.15, -0.1) is 0 Å². The zero-order chi connectivity index (χ0) is 5.56. The molecule has 0 aliphatic carbocycles. The van der Waals surface area contributed by atoms with Crippen LogP contribution in [0.3, 0.4) is 0 Å². The van der Waals surface area contributed by atoms with Crippen LogP contribution in [0.2, 0.25) is 0 Å². The Balaban J connectivity index is 2.03. The van der Waals surface area contributed by atoms with Crippen LogP contribution in [-0.2, 0) is 0 Å². The van der Waals surface area contributed by atoms with Crippen molar-refractivity contribution < 1.29 is 0 Å². The lowest BCUT2D eigenvalue weighted by Gasteiger charge is -2.51. The molecular formula is C6H12N2. The summed E-state index contributed by atoms with van der Waals surface area (Å²) in [5.41, 5.74) is 3.33. The molecule has 3 fully saturated rings. The van der Waals surface area contributed by atoms with E-state index in [1.54, 1.807) is 0 Å². The molecule has 0 amide bonds. The maximum Gasteiger partial charge on any atom is 0.0256 e. The van der Waals surface area contributed by atoms with Gasteiger partial charge in [0.05, 0.1) is 0 Å². The average Bonchev–Trinajstić information content (AvgIpc) is 1.89. The first-order valence-corrected chi connectivity index (χ1v) is 3.38. The van der Waals surface area contributed by atoms with Crippen LogP contribution in [0, 0.1) is 5.92 Å². The van der Waals surface area contributed by atoms with E-state index in [9.17, 15) is 0 Å². The van der Waals surface area contributed by atoms with Crippen LogP contribution >= 0.6 is 0 Å². The molecule has 1 N–H and O–H groups in total. The molecule has 2 heteroatoms. The van der Waals surface area contributed by atoms with Crippen molar-refractivity contribution in [1.82, 2.24) is 10.4 Å². The predicted molar refractivity (Wildman–Crippen MR) is 32.3 cm³/mol. The zero-order valence-corrected chi connectivity index (χ0v) is 5.22. The Kier molecular flexibility index (Phi) is 0.866. The Hall–Kier alpha value is -0.0800. The highest BCUT2D eigenvalue weighted by Gasteiger charge is 2.37. The van der Waals surface area contributed by atoms with E-state index in [0.29, 0.717) is 0 Å². The molecule has 0 saturated carbocycles. The van der Waals surface area contributed by atoms with Crippen LogP contribution in [0.15, 0.2) is 0 Å². The van der Waals surface area contributed by atoms with Crippen molar-refractivity contribution in [2.45, 2.75) is 19.4 Å². The molecule has 3 aliphatic rings. The smallest absolute Gasteiger partial charge is 0.0256 e. The molecule has 8 heavy (non-hydrogen) atoms. The van der Waals surface area contributed by atoms with Crippen molar-refractivity contribution in [3.8, 4) is 0 Å². The second kappa shape index (κ2) is 1.45. The molecule has 0 radical (unpaired) electrons. The lowest BCUT2D eigenvalue weighted by atomic mass is 9.87. The van der Waals surface area contributed by atoms with Crippen LogP contribution in [0.25, 0.3) is 0 Å². The van der Waals surface area contributed by atoms with Crippen molar-refractivity contribution >= 4 is 0 Å². The first-order valence-electron chi connectivity index (χ1n) is 3.38. The van der Waals surface area contributed by atoms with E-state index >= 15 is 0 Å². The zero-order valence-electron chi connectivity index (χ0n) is 5.22. The summed E-state index contributed by atoms with van der Waals surface area (Å²) in [5, 5.41) is 2.33. The molecule has 3 aliphatic heterocycles. The largest absolute Gasteiger partial charge is 0.255 e. The summed E-state index contributed by atoms with van der Waals surface area (Å²) in [5.74, 6) is 1.01. The standard InChI is InChI=1S/C6H12N2/c1-5-6-2-3-7-8(5)4-6/h5-7H,2-4H2,1H3. The van der Waals surface area contributed by atoms with Gasteiger partial charge in [-0.3, -0.25) is 5.43 Å². The molecule has 3 rings (SSSR count). The third-order valence-electron chi connectivity index (χ3n) is 2.44. The Bertz CT molecular complexity index is 88.7. The van der Waals surface area contributed by atoms with Gasteiger partial charge < -0.3 is 0 Å². The number of hydrazine groups is 1. The third-order valence-corrected chi connectivity index (χ3v) is 2.44. The molecular weight excluding hydrogens is 100 g/mol. The molecule has 0 aromatic rings. The second-order valence-corrected chi connectivity index (χ2v) is 2.85. The molecule has 0 spiro atoms. The van der Waals surface area contributed by atoms with Crippen LogP contribution in [0.5, 0.6) is 0 Å². The number of nitrogens with one attached hydrogen (secondary N) is 1. The molecule has 3 saturated heterocycles. The van der Waals surface area contributed by atoms with E-state index in [1.165, 1.54) is 19.5 Å². The fourth-order valence-corrected chi connectivity index (χ4v) is 1.62. The van der Waals surface area contributed by atoms with Crippen LogP contribution < -0.4 is 5.43 Å². The van der Waals surface area contributed by atoms with Crippen molar-refractivity contribution in [3.63, 3.8) is 0 Å². The number of nitrogens with zero attached hydrogens (tertiary/aromatic N) is 1. The summed E-state index contributed by atoms with van der Waals surface area (Å²) in [4.78, 5) is 0. The number of rotatable bonds is 0. The predicted octanol–water partition coefficient (Wildman–Crippen LogP) is 0.215. The van der Waals surface area contributed by atoms with Gasteiger partial charge in [0.25, 0.3) is 0 Å². The Labute approximate surface area is 49.8 Å². The quantitative estimate of drug-likeness (QED) is 0.482. The first kappa shape index (κ1) is 4.77. The Morgan fingerprint density at radius 3 is 2.75 bits per heavy atom. The monoisotopic (exact) mass is 112 g/mol. The van der Waals surface area contributed by atoms with Gasteiger partial charge in [0.1, 0.15) is 0 Å². The van der Waals surface area contributed by atoms with E-state index < -0.39 is 0 Å². The van der Waals surface area contributed by atoms with Crippen LogP contribution in [0.1, 0.15) is 13.3 Å². The van der Waals surface area contributed by atoms with E-state index in [1.807, 2.05) is 0 Å². The number of fused-ring (bicyclic) bond motifs is 2. The number of hydrogen-bond acceptors (Lipinski definition) is 2. The van der Waals surface area contributed by atoms with Gasteiger partial charge >= 0.3 is 0 Å². The van der Waals surface area contributed by atoms with Crippen molar-refractivity contribution in [2.75, 3.05) is 13.1 Å². The van der Waals surface area contributed by atoms with Gasteiger partial charge in [-0.05, 0) is 19.3 Å². The summed E-state index contributed by atoms with van der Waals surface area (Å²) in [6.07, 6.45) is 1.39. The van der Waals surface area contributed by atoms with E-state index in [2.05, 4.69) is 17.4 Å². The molecule has 3 heterocycles. The maximum atomic E-state index is 3.33. The molecule has 2 bridgehead atoms. The van der Waals surface area contributed by atoms with E-state index in [0.717, 1.165) is 12.0 Å². The Morgan fingerprint density at radius 2 is 2.50 bits per heavy atom. The molecule has 3 unspecified atom stereocenters. The molecule has 2 nitrogen and oxygen atoms in total. The molecule has 0 aromatic heterocycles. The summed E-state index contributed by atoms with van der Waals surface area (Å²) >= 11 is 0. The van der Waals surface area contributed by atoms with E-state index in [4.69, 9.17) is 0 Å². The second-order valence-electron chi connectivity index (χ2n) is 2.85. The van der Waals surface area contributed by atoms with Crippen LogP contribution in [-0.4, -0.2) is 24.1 Å². The lowest BCUT2D eigenvalue weighted by molar-refractivity contribution is -0.0629. The first-order chi connectivity index (χ1) is 3.88. The van der Waals surface area contributed by atoms with Gasteiger partial charge in [-0.2, -0.15) is 0 Å². The van der Waals surface area contributed by atoms with Crippen molar-refractivity contribution in [3.05, 3.63) is 0 Å². The SMILES string of the molecule is CC1C2CCNN1C2. The summed E-state index contributed by atoms with van der Waals surface area (Å²) < 4.78 is 0. The highest BCUT2D eigenvalue weighted by Crippen LogP contribution is 2.28. The lowest BCUT2D eigenvalue weighted by Crippen LogP contribution is -2.65. The Morgan fingerprint density at radius 1 is 1.62 bits per heavy atom. The van der Waals surface area contributed by atoms with Gasteiger partial charge in [0.2, 0.25) is 0 Å². The summed E-state index contributed by atoms with van der Waals surface area (Å²) in [6, 6.07) is 0.823. The fourth-order valence-electron chi connectivity index (χ4n) is 1.62. The average molecular weight is 112 g/mol. The van der Waals surface area contributed by atoms with Gasteiger partial charge in [-0.1, -0.05) is 0 Å². The summed E-state index contributed by atoms with van der Waals surface area (Å²) in [6.45, 7) is 4.79. The van der Waals surface area contributed by atoms with Crippen molar-refractivity contribution in [2.24, 2.45) is 5.92 Å². The highest BCUT2D eigenvalue weighted by molar-refractivity contribution is 4.89. The third kappa shape index (κ3) is 0.446. The normalized spacial score (nSPS) is 52.9. The van der Waals surface area contributed by atoms with Gasteiger partial charge in [0.15, 0.2) is 0 Å². The molecule has 3 atom stereocenters. The van der Waals surface area contributed by atoms with Crippen molar-refractivity contribution in [1.29, 1.82) is 0 Å². The van der Waals surface area contributed by atoms with Gasteiger partial charge in [0, 0.05) is 19.1 Å². The van der Waals surface area contributed by atoms with Crippen LogP contribution in [0.4, 0.5) is 0 Å². The summed E-state index contributed by atoms with van der Waals surface area (Å²) in [7, 11) is 0. The highest BCUT2D eigenvalue weighted by atomic mass is 15.6. The maximum absolute atomic E-state index is 3.33. The minimum atomic E-state index is 0.823. The number of hydrogen-bond donors (Lipinski definition) is 1. The van der Waals surface area contributed by atoms with E-state index in [-0.39, 0.29) is 0 Å². The minimum absolute atomic E-state index is 0.823.